The Hall–Kier alpha value is -2.77. The Kier molecular flexibility index (Phi) is 4.64. The van der Waals surface area contributed by atoms with Crippen molar-refractivity contribution in [2.24, 2.45) is 10.7 Å². The largest absolute Gasteiger partial charge is 0.469 e. The number of nitrogens with zero attached hydrogens (tertiary/aromatic N) is 4. The third-order valence-corrected chi connectivity index (χ3v) is 5.26. The van der Waals surface area contributed by atoms with Crippen LogP contribution in [0.1, 0.15) is 36.6 Å². The number of aromatic nitrogens is 3. The molecule has 1 aliphatic carbocycles. The topological polar surface area (TPSA) is 95.4 Å². The summed E-state index contributed by atoms with van der Waals surface area (Å²) in [5.41, 5.74) is 10.9. The van der Waals surface area contributed by atoms with E-state index in [1.54, 1.807) is 0 Å². The van der Waals surface area contributed by atoms with E-state index in [9.17, 15) is 4.79 Å². The Labute approximate surface area is 167 Å². The van der Waals surface area contributed by atoms with E-state index in [-0.39, 0.29) is 18.4 Å². The number of aryl methyl sites for hydroxylation is 1. The maximum absolute atomic E-state index is 12.1. The SMILES string of the molecule is COC(=O)C[C@H]1N=C(c2ccc(Cl)cc2)C2=C(C(N)C=C2C)n2c(C)nnc21. The van der Waals surface area contributed by atoms with Crippen LogP contribution in [0, 0.1) is 6.92 Å². The van der Waals surface area contributed by atoms with Gasteiger partial charge in [0.25, 0.3) is 0 Å². The molecular formula is C20H20ClN5O2. The molecule has 28 heavy (non-hydrogen) atoms. The van der Waals surface area contributed by atoms with Crippen molar-refractivity contribution in [2.75, 3.05) is 7.11 Å². The lowest BCUT2D eigenvalue weighted by molar-refractivity contribution is -0.141. The van der Waals surface area contributed by atoms with Crippen molar-refractivity contribution in [1.82, 2.24) is 14.8 Å². The lowest BCUT2D eigenvalue weighted by Gasteiger charge is -2.16. The van der Waals surface area contributed by atoms with E-state index >= 15 is 0 Å². The molecule has 0 radical (unpaired) electrons. The molecule has 0 saturated heterocycles. The Morgan fingerprint density at radius 2 is 1.96 bits per heavy atom. The summed E-state index contributed by atoms with van der Waals surface area (Å²) in [5, 5.41) is 9.17. The van der Waals surface area contributed by atoms with Gasteiger partial charge in [-0.15, -0.1) is 10.2 Å². The van der Waals surface area contributed by atoms with Gasteiger partial charge >= 0.3 is 5.97 Å². The minimum atomic E-state index is -0.537. The number of aliphatic imine (C=N–C) groups is 1. The van der Waals surface area contributed by atoms with E-state index in [4.69, 9.17) is 27.1 Å². The number of halogens is 1. The number of rotatable bonds is 3. The Morgan fingerprint density at radius 1 is 1.25 bits per heavy atom. The third-order valence-electron chi connectivity index (χ3n) is 5.01. The molecule has 1 unspecified atom stereocenters. The third kappa shape index (κ3) is 2.96. The number of benzene rings is 1. The lowest BCUT2D eigenvalue weighted by atomic mass is 9.97. The summed E-state index contributed by atoms with van der Waals surface area (Å²) in [6.45, 7) is 3.87. The zero-order valence-corrected chi connectivity index (χ0v) is 16.6. The number of carbonyl (C=O) groups is 1. The molecule has 2 aromatic rings. The highest BCUT2D eigenvalue weighted by Gasteiger charge is 2.36. The van der Waals surface area contributed by atoms with Crippen LogP contribution >= 0.6 is 11.6 Å². The van der Waals surface area contributed by atoms with E-state index in [1.165, 1.54) is 7.11 Å². The van der Waals surface area contributed by atoms with Gasteiger partial charge in [0.05, 0.1) is 31.0 Å². The Bertz CT molecular complexity index is 1050. The van der Waals surface area contributed by atoms with Gasteiger partial charge in [0, 0.05) is 16.2 Å². The van der Waals surface area contributed by atoms with Crippen molar-refractivity contribution < 1.29 is 9.53 Å². The first kappa shape index (κ1) is 18.6. The molecular weight excluding hydrogens is 378 g/mol. The monoisotopic (exact) mass is 397 g/mol. The molecule has 8 heteroatoms. The number of ether oxygens (including phenoxy) is 1. The van der Waals surface area contributed by atoms with Crippen LogP contribution in [0.2, 0.25) is 5.02 Å². The quantitative estimate of drug-likeness (QED) is 0.803. The van der Waals surface area contributed by atoms with Crippen LogP contribution < -0.4 is 5.73 Å². The van der Waals surface area contributed by atoms with Crippen molar-refractivity contribution in [3.8, 4) is 0 Å². The number of hydrogen-bond donors (Lipinski definition) is 1. The maximum Gasteiger partial charge on any atom is 0.308 e. The first-order chi connectivity index (χ1) is 13.4. The molecule has 0 bridgehead atoms. The van der Waals surface area contributed by atoms with Gasteiger partial charge in [0.15, 0.2) is 5.82 Å². The highest BCUT2D eigenvalue weighted by Crippen LogP contribution is 2.39. The number of fused-ring (bicyclic) bond motifs is 2. The van der Waals surface area contributed by atoms with Gasteiger partial charge in [-0.05, 0) is 31.6 Å². The summed E-state index contributed by atoms with van der Waals surface area (Å²) in [6, 6.07) is 6.61. The first-order valence-electron chi connectivity index (χ1n) is 8.92. The number of methoxy groups -OCH3 is 1. The minimum absolute atomic E-state index is 0.0598. The summed E-state index contributed by atoms with van der Waals surface area (Å²) >= 11 is 6.07. The predicted molar refractivity (Wildman–Crippen MR) is 107 cm³/mol. The van der Waals surface area contributed by atoms with Crippen LogP contribution in [-0.4, -0.2) is 39.6 Å². The lowest BCUT2D eigenvalue weighted by Crippen LogP contribution is -2.23. The minimum Gasteiger partial charge on any atom is -0.469 e. The average molecular weight is 398 g/mol. The van der Waals surface area contributed by atoms with Gasteiger partial charge in [-0.2, -0.15) is 0 Å². The van der Waals surface area contributed by atoms with Crippen LogP contribution in [0.25, 0.3) is 5.70 Å². The van der Waals surface area contributed by atoms with Crippen LogP contribution in [0.15, 0.2) is 46.5 Å². The van der Waals surface area contributed by atoms with Crippen molar-refractivity contribution in [3.05, 3.63) is 63.7 Å². The fourth-order valence-electron chi connectivity index (χ4n) is 3.74. The van der Waals surface area contributed by atoms with Crippen molar-refractivity contribution in [2.45, 2.75) is 32.4 Å². The standard InChI is InChI=1S/C20H20ClN5O2/c1-10-8-14(22)19-17(10)18(12-4-6-13(21)7-5-12)23-15(9-16(27)28-3)20-25-24-11(2)26(19)20/h4-8,14-15H,9,22H2,1-3H3/t14?,15-/m1/s1. The molecule has 1 aromatic carbocycles. The fraction of sp³-hybridized carbons (Fsp3) is 0.300. The number of hydrogen-bond acceptors (Lipinski definition) is 6. The molecule has 0 spiro atoms. The molecule has 0 fully saturated rings. The summed E-state index contributed by atoms with van der Waals surface area (Å²) in [4.78, 5) is 17.0. The number of carbonyl (C=O) groups excluding carboxylic acids is 1. The van der Waals surface area contributed by atoms with Crippen LogP contribution in [0.5, 0.6) is 0 Å². The first-order valence-corrected chi connectivity index (χ1v) is 9.30. The molecule has 7 nitrogen and oxygen atoms in total. The molecule has 1 aromatic heterocycles. The zero-order valence-electron chi connectivity index (χ0n) is 15.8. The number of esters is 1. The number of allylic oxidation sites excluding steroid dienone is 2. The second-order valence-corrected chi connectivity index (χ2v) is 7.29. The van der Waals surface area contributed by atoms with E-state index < -0.39 is 6.04 Å². The van der Waals surface area contributed by atoms with Crippen LogP contribution in [-0.2, 0) is 9.53 Å². The van der Waals surface area contributed by atoms with Gasteiger partial charge in [-0.1, -0.05) is 29.8 Å². The second-order valence-electron chi connectivity index (χ2n) is 6.86. The molecule has 1 aliphatic heterocycles. The Balaban J connectivity index is 1.98. The molecule has 0 saturated carbocycles. The van der Waals surface area contributed by atoms with Crippen LogP contribution in [0.4, 0.5) is 0 Å². The summed E-state index contributed by atoms with van der Waals surface area (Å²) in [7, 11) is 1.36. The van der Waals surface area contributed by atoms with E-state index in [0.29, 0.717) is 16.7 Å². The molecule has 2 heterocycles. The van der Waals surface area contributed by atoms with Gasteiger partial charge in [-0.25, -0.2) is 0 Å². The summed E-state index contributed by atoms with van der Waals surface area (Å²) < 4.78 is 6.80. The normalized spacial score (nSPS) is 20.9. The average Bonchev–Trinajstić information content (AvgIpc) is 3.12. The number of nitrogens with two attached hydrogens (primary N) is 1. The molecule has 4 rings (SSSR count). The molecule has 144 valence electrons. The summed E-state index contributed by atoms with van der Waals surface area (Å²) in [5.74, 6) is 0.913. The van der Waals surface area contributed by atoms with Gasteiger partial charge in [0.2, 0.25) is 0 Å². The van der Waals surface area contributed by atoms with E-state index in [0.717, 1.165) is 28.1 Å². The van der Waals surface area contributed by atoms with Gasteiger partial charge in [0.1, 0.15) is 11.9 Å². The highest BCUT2D eigenvalue weighted by molar-refractivity contribution is 6.30. The van der Waals surface area contributed by atoms with E-state index in [1.807, 2.05) is 48.8 Å². The molecule has 2 N–H and O–H groups in total. The van der Waals surface area contributed by atoms with Gasteiger partial charge in [-0.3, -0.25) is 14.4 Å². The molecule has 2 aliphatic rings. The molecule has 2 atom stereocenters. The van der Waals surface area contributed by atoms with Crippen LogP contribution in [0.3, 0.4) is 0 Å². The molecule has 0 amide bonds. The highest BCUT2D eigenvalue weighted by atomic mass is 35.5. The summed E-state index contributed by atoms with van der Waals surface area (Å²) in [6.07, 6.45) is 2.06. The van der Waals surface area contributed by atoms with E-state index in [2.05, 4.69) is 10.2 Å². The van der Waals surface area contributed by atoms with Gasteiger partial charge < -0.3 is 10.5 Å². The van der Waals surface area contributed by atoms with Crippen molar-refractivity contribution >= 4 is 29.0 Å². The smallest absolute Gasteiger partial charge is 0.308 e. The Morgan fingerprint density at radius 3 is 2.64 bits per heavy atom. The second kappa shape index (κ2) is 7.00. The van der Waals surface area contributed by atoms with Crippen molar-refractivity contribution in [1.29, 1.82) is 0 Å². The fourth-order valence-corrected chi connectivity index (χ4v) is 3.87. The zero-order chi connectivity index (χ0) is 20.0. The van der Waals surface area contributed by atoms with Crippen molar-refractivity contribution in [3.63, 3.8) is 0 Å². The predicted octanol–water partition coefficient (Wildman–Crippen LogP) is 2.85. The maximum atomic E-state index is 12.1.